The van der Waals surface area contributed by atoms with E-state index in [2.05, 4.69) is 15.6 Å². The second-order valence-corrected chi connectivity index (χ2v) is 4.48. The van der Waals surface area contributed by atoms with Crippen LogP contribution in [0.25, 0.3) is 0 Å². The lowest BCUT2D eigenvalue weighted by Gasteiger charge is -2.28. The number of rotatable bonds is 3. The van der Waals surface area contributed by atoms with Gasteiger partial charge in [-0.25, -0.2) is 0 Å². The summed E-state index contributed by atoms with van der Waals surface area (Å²) in [5.74, 6) is 0.603. The van der Waals surface area contributed by atoms with Crippen molar-refractivity contribution >= 4 is 11.6 Å². The average Bonchev–Trinajstić information content (AvgIpc) is 2.48. The van der Waals surface area contributed by atoms with Gasteiger partial charge in [-0.15, -0.1) is 0 Å². The molecule has 3 rings (SSSR count). The van der Waals surface area contributed by atoms with Crippen molar-refractivity contribution in [3.8, 4) is 5.75 Å². The van der Waals surface area contributed by atoms with Crippen molar-refractivity contribution in [2.24, 2.45) is 0 Å². The van der Waals surface area contributed by atoms with Crippen molar-refractivity contribution < 1.29 is 9.53 Å². The van der Waals surface area contributed by atoms with Gasteiger partial charge in [-0.2, -0.15) is 0 Å². The van der Waals surface area contributed by atoms with E-state index in [4.69, 9.17) is 4.74 Å². The van der Waals surface area contributed by atoms with Crippen LogP contribution in [0.2, 0.25) is 0 Å². The van der Waals surface area contributed by atoms with Crippen LogP contribution in [0.5, 0.6) is 5.75 Å². The summed E-state index contributed by atoms with van der Waals surface area (Å²) in [7, 11) is 0. The summed E-state index contributed by atoms with van der Waals surface area (Å²) in [5, 5.41) is 6.20. The molecule has 5 nitrogen and oxygen atoms in total. The number of carbonyl (C=O) groups is 1. The SMILES string of the molecule is CCOc1cncc(C2NC(=O)c3ccccc3N2)c1. The van der Waals surface area contributed by atoms with Gasteiger partial charge >= 0.3 is 0 Å². The Balaban J connectivity index is 1.89. The molecule has 0 bridgehead atoms. The lowest BCUT2D eigenvalue weighted by molar-refractivity contribution is 0.0935. The molecule has 1 aromatic carbocycles. The Kier molecular flexibility index (Phi) is 3.25. The average molecular weight is 269 g/mol. The lowest BCUT2D eigenvalue weighted by Crippen LogP contribution is -2.38. The van der Waals surface area contributed by atoms with Crippen LogP contribution < -0.4 is 15.4 Å². The predicted molar refractivity (Wildman–Crippen MR) is 75.7 cm³/mol. The van der Waals surface area contributed by atoms with E-state index in [0.29, 0.717) is 17.9 Å². The van der Waals surface area contributed by atoms with Crippen LogP contribution in [-0.2, 0) is 0 Å². The number of nitrogens with zero attached hydrogens (tertiary/aromatic N) is 1. The minimum absolute atomic E-state index is 0.0915. The summed E-state index contributed by atoms with van der Waals surface area (Å²) in [5.41, 5.74) is 2.33. The maximum atomic E-state index is 12.1. The number of anilines is 1. The maximum Gasteiger partial charge on any atom is 0.255 e. The molecule has 0 fully saturated rings. The Morgan fingerprint density at radius 2 is 2.10 bits per heavy atom. The molecule has 1 unspecified atom stereocenters. The number of pyridine rings is 1. The quantitative estimate of drug-likeness (QED) is 0.897. The van der Waals surface area contributed by atoms with Gasteiger partial charge < -0.3 is 15.4 Å². The number of carbonyl (C=O) groups excluding carboxylic acids is 1. The molecule has 2 heterocycles. The Hall–Kier alpha value is -2.56. The first-order chi connectivity index (χ1) is 9.78. The highest BCUT2D eigenvalue weighted by atomic mass is 16.5. The van der Waals surface area contributed by atoms with Crippen LogP contribution in [0, 0.1) is 0 Å². The van der Waals surface area contributed by atoms with Gasteiger partial charge in [-0.3, -0.25) is 9.78 Å². The summed E-state index contributed by atoms with van der Waals surface area (Å²) < 4.78 is 5.43. The van der Waals surface area contributed by atoms with Gasteiger partial charge in [-0.1, -0.05) is 12.1 Å². The van der Waals surface area contributed by atoms with Crippen LogP contribution in [-0.4, -0.2) is 17.5 Å². The van der Waals surface area contributed by atoms with Crippen LogP contribution in [0.4, 0.5) is 5.69 Å². The fraction of sp³-hybridized carbons (Fsp3) is 0.200. The van der Waals surface area contributed by atoms with Crippen LogP contribution >= 0.6 is 0 Å². The molecule has 0 saturated heterocycles. The Labute approximate surface area is 117 Å². The zero-order valence-corrected chi connectivity index (χ0v) is 11.1. The number of fused-ring (bicyclic) bond motifs is 1. The third kappa shape index (κ3) is 2.30. The number of ether oxygens (including phenoxy) is 1. The molecule has 2 aromatic rings. The van der Waals surface area contributed by atoms with E-state index in [1.165, 1.54) is 0 Å². The van der Waals surface area contributed by atoms with Gasteiger partial charge in [0.05, 0.1) is 18.4 Å². The summed E-state index contributed by atoms with van der Waals surface area (Å²) in [6.07, 6.45) is 3.07. The molecule has 0 spiro atoms. The molecule has 0 radical (unpaired) electrons. The van der Waals surface area contributed by atoms with Crippen LogP contribution in [0.1, 0.15) is 29.0 Å². The first-order valence-corrected chi connectivity index (χ1v) is 6.52. The molecule has 0 aliphatic carbocycles. The Morgan fingerprint density at radius 1 is 1.25 bits per heavy atom. The second kappa shape index (κ2) is 5.21. The number of nitrogens with one attached hydrogen (secondary N) is 2. The molecule has 1 aliphatic heterocycles. The zero-order valence-electron chi connectivity index (χ0n) is 11.1. The normalized spacial score (nSPS) is 16.9. The number of amides is 1. The maximum absolute atomic E-state index is 12.1. The molecule has 102 valence electrons. The third-order valence-electron chi connectivity index (χ3n) is 3.13. The zero-order chi connectivity index (χ0) is 13.9. The summed E-state index contributed by atoms with van der Waals surface area (Å²) in [6.45, 7) is 2.50. The van der Waals surface area contributed by atoms with Crippen molar-refractivity contribution in [3.05, 3.63) is 53.9 Å². The third-order valence-corrected chi connectivity index (χ3v) is 3.13. The van der Waals surface area contributed by atoms with E-state index in [1.807, 2.05) is 31.2 Å². The molecule has 1 aromatic heterocycles. The van der Waals surface area contributed by atoms with Crippen molar-refractivity contribution in [2.75, 3.05) is 11.9 Å². The van der Waals surface area contributed by atoms with E-state index < -0.39 is 0 Å². The minimum Gasteiger partial charge on any atom is -0.492 e. The molecule has 2 N–H and O–H groups in total. The smallest absolute Gasteiger partial charge is 0.255 e. The Bertz CT molecular complexity index is 643. The largest absolute Gasteiger partial charge is 0.492 e. The van der Waals surface area contributed by atoms with Gasteiger partial charge in [0, 0.05) is 17.4 Å². The highest BCUT2D eigenvalue weighted by molar-refractivity contribution is 6.01. The van der Waals surface area contributed by atoms with Crippen molar-refractivity contribution in [3.63, 3.8) is 0 Å². The van der Waals surface area contributed by atoms with Crippen molar-refractivity contribution in [1.29, 1.82) is 0 Å². The first kappa shape index (κ1) is 12.5. The van der Waals surface area contributed by atoms with Gasteiger partial charge in [-0.05, 0) is 25.1 Å². The fourth-order valence-corrected chi connectivity index (χ4v) is 2.21. The molecule has 0 saturated carbocycles. The number of aromatic nitrogens is 1. The van der Waals surface area contributed by atoms with Gasteiger partial charge in [0.15, 0.2) is 0 Å². The lowest BCUT2D eigenvalue weighted by atomic mass is 10.1. The van der Waals surface area contributed by atoms with E-state index in [9.17, 15) is 4.79 Å². The van der Waals surface area contributed by atoms with Gasteiger partial charge in [0.1, 0.15) is 11.9 Å². The molecule has 20 heavy (non-hydrogen) atoms. The minimum atomic E-state index is -0.301. The molecule has 1 aliphatic rings. The second-order valence-electron chi connectivity index (χ2n) is 4.48. The standard InChI is InChI=1S/C15H15N3O2/c1-2-20-11-7-10(8-16-9-11)14-17-13-6-4-3-5-12(13)15(19)18-14/h3-9,14,17H,2H2,1H3,(H,18,19). The van der Waals surface area contributed by atoms with E-state index in [-0.39, 0.29) is 12.1 Å². The predicted octanol–water partition coefficient (Wildman–Crippen LogP) is 2.33. The van der Waals surface area contributed by atoms with E-state index in [0.717, 1.165) is 11.3 Å². The molecular formula is C15H15N3O2. The van der Waals surface area contributed by atoms with Crippen molar-refractivity contribution in [2.45, 2.75) is 13.1 Å². The summed E-state index contributed by atoms with van der Waals surface area (Å²) >= 11 is 0. The van der Waals surface area contributed by atoms with E-state index in [1.54, 1.807) is 18.5 Å². The fourth-order valence-electron chi connectivity index (χ4n) is 2.21. The summed E-state index contributed by atoms with van der Waals surface area (Å²) in [4.78, 5) is 16.2. The highest BCUT2D eigenvalue weighted by Crippen LogP contribution is 2.27. The first-order valence-electron chi connectivity index (χ1n) is 6.52. The number of hydrogen-bond donors (Lipinski definition) is 2. The Morgan fingerprint density at radius 3 is 2.95 bits per heavy atom. The summed E-state index contributed by atoms with van der Waals surface area (Å²) in [6, 6.07) is 9.31. The molecule has 1 amide bonds. The molecular weight excluding hydrogens is 254 g/mol. The van der Waals surface area contributed by atoms with Gasteiger partial charge in [0.25, 0.3) is 5.91 Å². The van der Waals surface area contributed by atoms with E-state index >= 15 is 0 Å². The highest BCUT2D eigenvalue weighted by Gasteiger charge is 2.24. The van der Waals surface area contributed by atoms with Crippen LogP contribution in [0.15, 0.2) is 42.7 Å². The molecule has 1 atom stereocenters. The van der Waals surface area contributed by atoms with Crippen molar-refractivity contribution in [1.82, 2.24) is 10.3 Å². The molecule has 5 heteroatoms. The monoisotopic (exact) mass is 269 g/mol. The number of benzene rings is 1. The number of hydrogen-bond acceptors (Lipinski definition) is 4. The number of para-hydroxylation sites is 1. The van der Waals surface area contributed by atoms with Gasteiger partial charge in [0.2, 0.25) is 0 Å². The topological polar surface area (TPSA) is 63.2 Å². The van der Waals surface area contributed by atoms with Crippen LogP contribution in [0.3, 0.4) is 0 Å².